The van der Waals surface area contributed by atoms with Gasteiger partial charge in [-0.2, -0.15) is 0 Å². The molecule has 5 heteroatoms. The highest BCUT2D eigenvalue weighted by Gasteiger charge is 2.25. The van der Waals surface area contributed by atoms with Crippen molar-refractivity contribution in [1.82, 2.24) is 9.88 Å². The highest BCUT2D eigenvalue weighted by molar-refractivity contribution is 6.01. The SMILES string of the molecule is CCCCCc1cc(O)c(-c2cccc(C)c2)c(O)c1C(=O)N(C)Cc1cccnc1. The lowest BCUT2D eigenvalue weighted by Gasteiger charge is -2.22. The third-order valence-corrected chi connectivity index (χ3v) is 5.42. The van der Waals surface area contributed by atoms with Gasteiger partial charge in [-0.15, -0.1) is 0 Å². The molecule has 3 rings (SSSR count). The third-order valence-electron chi connectivity index (χ3n) is 5.42. The quantitative estimate of drug-likeness (QED) is 0.476. The average molecular weight is 419 g/mol. The molecule has 0 aliphatic carbocycles. The van der Waals surface area contributed by atoms with Crippen LogP contribution in [0, 0.1) is 6.92 Å². The Morgan fingerprint density at radius 2 is 1.90 bits per heavy atom. The highest BCUT2D eigenvalue weighted by Crippen LogP contribution is 2.42. The van der Waals surface area contributed by atoms with Crippen LogP contribution in [-0.2, 0) is 13.0 Å². The molecular formula is C26H30N2O3. The van der Waals surface area contributed by atoms with Gasteiger partial charge in [0.25, 0.3) is 5.91 Å². The molecule has 0 bridgehead atoms. The van der Waals surface area contributed by atoms with Crippen LogP contribution in [0.4, 0.5) is 0 Å². The third kappa shape index (κ3) is 5.23. The van der Waals surface area contributed by atoms with E-state index in [9.17, 15) is 15.0 Å². The van der Waals surface area contributed by atoms with Gasteiger partial charge in [0, 0.05) is 26.0 Å². The summed E-state index contributed by atoms with van der Waals surface area (Å²) in [6, 6.07) is 12.9. The number of benzene rings is 2. The number of pyridine rings is 1. The predicted molar refractivity (Wildman–Crippen MR) is 123 cm³/mol. The summed E-state index contributed by atoms with van der Waals surface area (Å²) in [4.78, 5) is 19.1. The Morgan fingerprint density at radius 1 is 1.10 bits per heavy atom. The normalized spacial score (nSPS) is 10.8. The molecule has 2 N–H and O–H groups in total. The first-order valence-electron chi connectivity index (χ1n) is 10.7. The van der Waals surface area contributed by atoms with Gasteiger partial charge >= 0.3 is 0 Å². The molecule has 1 aromatic heterocycles. The maximum absolute atomic E-state index is 13.4. The Balaban J connectivity index is 2.06. The number of carbonyl (C=O) groups is 1. The number of aryl methyl sites for hydroxylation is 2. The zero-order chi connectivity index (χ0) is 22.4. The van der Waals surface area contributed by atoms with Crippen LogP contribution in [0.15, 0.2) is 54.9 Å². The molecule has 1 heterocycles. The number of amides is 1. The molecule has 0 radical (unpaired) electrons. The van der Waals surface area contributed by atoms with E-state index in [-0.39, 0.29) is 23.0 Å². The van der Waals surface area contributed by atoms with Crippen LogP contribution < -0.4 is 0 Å². The molecule has 162 valence electrons. The summed E-state index contributed by atoms with van der Waals surface area (Å²) >= 11 is 0. The van der Waals surface area contributed by atoms with E-state index in [1.807, 2.05) is 43.3 Å². The molecule has 2 aromatic carbocycles. The number of nitrogens with zero attached hydrogens (tertiary/aromatic N) is 2. The van der Waals surface area contributed by atoms with E-state index >= 15 is 0 Å². The highest BCUT2D eigenvalue weighted by atomic mass is 16.3. The topological polar surface area (TPSA) is 73.7 Å². The van der Waals surface area contributed by atoms with Gasteiger partial charge in [0.2, 0.25) is 0 Å². The van der Waals surface area contributed by atoms with E-state index in [2.05, 4.69) is 11.9 Å². The van der Waals surface area contributed by atoms with Gasteiger partial charge in [0.1, 0.15) is 11.5 Å². The van der Waals surface area contributed by atoms with Gasteiger partial charge in [0.05, 0.1) is 11.1 Å². The van der Waals surface area contributed by atoms with Crippen molar-refractivity contribution in [2.45, 2.75) is 46.1 Å². The maximum Gasteiger partial charge on any atom is 0.257 e. The number of rotatable bonds is 8. The van der Waals surface area contributed by atoms with E-state index in [1.54, 1.807) is 30.4 Å². The number of phenols is 2. The molecule has 1 amide bonds. The monoisotopic (exact) mass is 418 g/mol. The summed E-state index contributed by atoms with van der Waals surface area (Å²) in [5, 5.41) is 22.0. The fourth-order valence-corrected chi connectivity index (χ4v) is 3.82. The lowest BCUT2D eigenvalue weighted by molar-refractivity contribution is 0.0781. The van der Waals surface area contributed by atoms with Crippen LogP contribution in [-0.4, -0.2) is 33.1 Å². The Bertz CT molecular complexity index is 1050. The van der Waals surface area contributed by atoms with Gasteiger partial charge in [-0.1, -0.05) is 55.7 Å². The Labute approximate surface area is 184 Å². The van der Waals surface area contributed by atoms with E-state index in [4.69, 9.17) is 0 Å². The van der Waals surface area contributed by atoms with Crippen LogP contribution in [0.25, 0.3) is 11.1 Å². The lowest BCUT2D eigenvalue weighted by Crippen LogP contribution is -2.27. The summed E-state index contributed by atoms with van der Waals surface area (Å²) < 4.78 is 0. The molecular weight excluding hydrogens is 388 g/mol. The van der Waals surface area contributed by atoms with Gasteiger partial charge in [-0.3, -0.25) is 9.78 Å². The number of hydrogen-bond donors (Lipinski definition) is 2. The largest absolute Gasteiger partial charge is 0.507 e. The van der Waals surface area contributed by atoms with E-state index in [0.717, 1.165) is 30.4 Å². The first kappa shape index (κ1) is 22.3. The van der Waals surface area contributed by atoms with Crippen molar-refractivity contribution in [3.8, 4) is 22.6 Å². The van der Waals surface area contributed by atoms with Gasteiger partial charge < -0.3 is 15.1 Å². The molecule has 0 saturated carbocycles. The van der Waals surface area contributed by atoms with E-state index < -0.39 is 0 Å². The van der Waals surface area contributed by atoms with Crippen molar-refractivity contribution < 1.29 is 15.0 Å². The summed E-state index contributed by atoms with van der Waals surface area (Å²) in [6.07, 6.45) is 6.97. The molecule has 0 spiro atoms. The van der Waals surface area contributed by atoms with Crippen LogP contribution >= 0.6 is 0 Å². The number of hydrogen-bond acceptors (Lipinski definition) is 4. The zero-order valence-corrected chi connectivity index (χ0v) is 18.4. The summed E-state index contributed by atoms with van der Waals surface area (Å²) in [5.41, 5.74) is 3.81. The van der Waals surface area contributed by atoms with Crippen molar-refractivity contribution >= 4 is 5.91 Å². The molecule has 3 aromatic rings. The van der Waals surface area contributed by atoms with Crippen molar-refractivity contribution in [2.24, 2.45) is 0 Å². The first-order valence-corrected chi connectivity index (χ1v) is 10.7. The van der Waals surface area contributed by atoms with Crippen LogP contribution in [0.3, 0.4) is 0 Å². The van der Waals surface area contributed by atoms with Crippen molar-refractivity contribution in [3.63, 3.8) is 0 Å². The minimum Gasteiger partial charge on any atom is -0.507 e. The Kier molecular flexibility index (Phi) is 7.29. The van der Waals surface area contributed by atoms with E-state index in [1.165, 1.54) is 0 Å². The number of aromatic nitrogens is 1. The summed E-state index contributed by atoms with van der Waals surface area (Å²) in [7, 11) is 1.71. The second kappa shape index (κ2) is 10.1. The van der Waals surface area contributed by atoms with Crippen LogP contribution in [0.1, 0.15) is 53.2 Å². The molecule has 0 fully saturated rings. The van der Waals surface area contributed by atoms with Crippen molar-refractivity contribution in [1.29, 1.82) is 0 Å². The minimum atomic E-state index is -0.276. The van der Waals surface area contributed by atoms with E-state index in [0.29, 0.717) is 29.7 Å². The number of unbranched alkanes of at least 4 members (excludes halogenated alkanes) is 2. The second-order valence-corrected chi connectivity index (χ2v) is 8.00. The molecule has 0 atom stereocenters. The smallest absolute Gasteiger partial charge is 0.257 e. The average Bonchev–Trinajstić information content (AvgIpc) is 2.74. The molecule has 0 saturated heterocycles. The fraction of sp³-hybridized carbons (Fsp3) is 0.308. The molecule has 0 aliphatic heterocycles. The standard InChI is InChI=1S/C26H30N2O3/c1-4-5-6-11-21-15-22(29)23(20-12-7-9-18(2)14-20)25(30)24(21)26(31)28(3)17-19-10-8-13-27-16-19/h7-10,12-16,29-30H,4-6,11,17H2,1-3H3. The van der Waals surface area contributed by atoms with Crippen LogP contribution in [0.2, 0.25) is 0 Å². The number of phenolic OH excluding ortho intramolecular Hbond substituents is 2. The molecule has 31 heavy (non-hydrogen) atoms. The molecule has 0 aliphatic rings. The van der Waals surface area contributed by atoms with Crippen molar-refractivity contribution in [2.75, 3.05) is 7.05 Å². The molecule has 0 unspecified atom stereocenters. The van der Waals surface area contributed by atoms with Gasteiger partial charge in [-0.25, -0.2) is 0 Å². The molecule has 5 nitrogen and oxygen atoms in total. The van der Waals surface area contributed by atoms with Crippen molar-refractivity contribution in [3.05, 3.63) is 77.1 Å². The lowest BCUT2D eigenvalue weighted by atomic mass is 9.92. The maximum atomic E-state index is 13.4. The first-order chi connectivity index (χ1) is 14.9. The van der Waals surface area contributed by atoms with Gasteiger partial charge in [0.15, 0.2) is 0 Å². The fourth-order valence-electron chi connectivity index (χ4n) is 3.82. The number of carbonyl (C=O) groups excluding carboxylic acids is 1. The van der Waals surface area contributed by atoms with Crippen LogP contribution in [0.5, 0.6) is 11.5 Å². The Hall–Kier alpha value is -3.34. The predicted octanol–water partition coefficient (Wildman–Crippen LogP) is 5.47. The summed E-state index contributed by atoms with van der Waals surface area (Å²) in [5.74, 6) is -0.456. The van der Waals surface area contributed by atoms with Gasteiger partial charge in [-0.05, 0) is 48.6 Å². The number of aromatic hydroxyl groups is 2. The second-order valence-electron chi connectivity index (χ2n) is 8.00. The minimum absolute atomic E-state index is 0.0129. The summed E-state index contributed by atoms with van der Waals surface area (Å²) in [6.45, 7) is 4.44. The Morgan fingerprint density at radius 3 is 2.58 bits per heavy atom. The zero-order valence-electron chi connectivity index (χ0n) is 18.4.